The van der Waals surface area contributed by atoms with Crippen molar-refractivity contribution in [1.82, 2.24) is 19.5 Å². The summed E-state index contributed by atoms with van der Waals surface area (Å²) in [4.78, 5) is 2.53. The van der Waals surface area contributed by atoms with Crippen LogP contribution in [0.15, 0.2) is 53.8 Å². The van der Waals surface area contributed by atoms with E-state index in [0.29, 0.717) is 0 Å². The van der Waals surface area contributed by atoms with E-state index in [4.69, 9.17) is 0 Å². The van der Waals surface area contributed by atoms with E-state index in [0.717, 1.165) is 42.6 Å². The van der Waals surface area contributed by atoms with Crippen LogP contribution in [0.2, 0.25) is 0 Å². The van der Waals surface area contributed by atoms with Gasteiger partial charge in [0, 0.05) is 31.6 Å². The van der Waals surface area contributed by atoms with Crippen LogP contribution in [0.25, 0.3) is 5.65 Å². The van der Waals surface area contributed by atoms with Crippen molar-refractivity contribution in [2.45, 2.75) is 18.1 Å². The molecule has 4 nitrogen and oxygen atoms in total. The van der Waals surface area contributed by atoms with Crippen molar-refractivity contribution in [3.05, 3.63) is 59.8 Å². The Hall–Kier alpha value is -1.85. The maximum atomic E-state index is 4.27. The summed E-state index contributed by atoms with van der Waals surface area (Å²) >= 11 is 1.78. The van der Waals surface area contributed by atoms with Gasteiger partial charge in [0.15, 0.2) is 10.8 Å². The van der Waals surface area contributed by atoms with Gasteiger partial charge in [0.05, 0.1) is 0 Å². The van der Waals surface area contributed by atoms with Crippen molar-refractivity contribution in [2.24, 2.45) is 0 Å². The molecule has 2 aromatic heterocycles. The first kappa shape index (κ1) is 13.8. The molecule has 0 N–H and O–H groups in total. The number of hydrogen-bond donors (Lipinski definition) is 0. The minimum Gasteiger partial charge on any atom is -0.298 e. The number of rotatable bonds is 4. The van der Waals surface area contributed by atoms with E-state index in [1.807, 2.05) is 24.4 Å². The molecular weight excluding hydrogens is 292 g/mol. The third kappa shape index (κ3) is 2.74. The summed E-state index contributed by atoms with van der Waals surface area (Å²) in [6.07, 6.45) is 3.18. The van der Waals surface area contributed by atoms with E-state index in [9.17, 15) is 0 Å². The Bertz CT molecular complexity index is 783. The van der Waals surface area contributed by atoms with Gasteiger partial charge in [0.1, 0.15) is 0 Å². The summed E-state index contributed by atoms with van der Waals surface area (Å²) in [5.74, 6) is 1.04. The van der Waals surface area contributed by atoms with Crippen molar-refractivity contribution in [2.75, 3.05) is 18.8 Å². The lowest BCUT2D eigenvalue weighted by molar-refractivity contribution is 0.270. The van der Waals surface area contributed by atoms with Crippen molar-refractivity contribution in [3.8, 4) is 0 Å². The second kappa shape index (κ2) is 6.10. The molecule has 22 heavy (non-hydrogen) atoms. The number of fused-ring (bicyclic) bond motifs is 2. The normalized spacial score (nSPS) is 15.1. The molecule has 0 aliphatic carbocycles. The third-order valence-corrected chi connectivity index (χ3v) is 5.05. The molecule has 1 aromatic carbocycles. The Morgan fingerprint density at radius 2 is 1.86 bits per heavy atom. The van der Waals surface area contributed by atoms with Crippen molar-refractivity contribution < 1.29 is 0 Å². The molecule has 0 atom stereocenters. The molecule has 4 rings (SSSR count). The predicted octanol–water partition coefficient (Wildman–Crippen LogP) is 2.88. The number of thioether (sulfide) groups is 1. The maximum Gasteiger partial charge on any atom is 0.195 e. The Labute approximate surface area is 134 Å². The Morgan fingerprint density at radius 3 is 2.82 bits per heavy atom. The van der Waals surface area contributed by atoms with E-state index in [2.05, 4.69) is 43.8 Å². The molecule has 0 bridgehead atoms. The monoisotopic (exact) mass is 310 g/mol. The fraction of sp³-hybridized carbons (Fsp3) is 0.294. The Kier molecular flexibility index (Phi) is 3.83. The van der Waals surface area contributed by atoms with Crippen LogP contribution in [-0.4, -0.2) is 38.3 Å². The van der Waals surface area contributed by atoms with E-state index in [1.165, 1.54) is 11.1 Å². The smallest absolute Gasteiger partial charge is 0.195 e. The van der Waals surface area contributed by atoms with E-state index in [1.54, 1.807) is 11.8 Å². The average molecular weight is 310 g/mol. The van der Waals surface area contributed by atoms with Gasteiger partial charge in [-0.05, 0) is 29.7 Å². The summed E-state index contributed by atoms with van der Waals surface area (Å²) in [5.41, 5.74) is 3.90. The molecule has 0 saturated heterocycles. The maximum absolute atomic E-state index is 4.27. The lowest BCUT2D eigenvalue weighted by atomic mass is 10.0. The quantitative estimate of drug-likeness (QED) is 0.694. The second-order valence-electron chi connectivity index (χ2n) is 5.55. The molecule has 0 spiro atoms. The minimum atomic E-state index is 0.914. The fourth-order valence-electron chi connectivity index (χ4n) is 2.93. The zero-order valence-corrected chi connectivity index (χ0v) is 13.2. The number of hydrogen-bond acceptors (Lipinski definition) is 4. The van der Waals surface area contributed by atoms with Crippen LogP contribution in [0, 0.1) is 0 Å². The van der Waals surface area contributed by atoms with E-state index < -0.39 is 0 Å². The largest absolute Gasteiger partial charge is 0.298 e. The molecule has 3 aromatic rings. The second-order valence-corrected chi connectivity index (χ2v) is 6.62. The molecule has 0 radical (unpaired) electrons. The number of nitrogens with zero attached hydrogens (tertiary/aromatic N) is 4. The van der Waals surface area contributed by atoms with E-state index in [-0.39, 0.29) is 0 Å². The SMILES string of the molecule is c1ccc2c(c1)CCN(CCSc1nnc3ccccn13)C2. The first-order chi connectivity index (χ1) is 10.9. The highest BCUT2D eigenvalue weighted by Crippen LogP contribution is 2.20. The van der Waals surface area contributed by atoms with Crippen molar-refractivity contribution in [1.29, 1.82) is 0 Å². The van der Waals surface area contributed by atoms with Gasteiger partial charge in [-0.25, -0.2) is 0 Å². The highest BCUT2D eigenvalue weighted by molar-refractivity contribution is 7.99. The van der Waals surface area contributed by atoms with Crippen LogP contribution in [0.1, 0.15) is 11.1 Å². The standard InChI is InChI=1S/C17H18N4S/c1-2-6-15-13-20(10-8-14(15)5-1)11-12-22-17-19-18-16-7-3-4-9-21(16)17/h1-7,9H,8,10-13H2. The molecule has 1 aliphatic rings. The minimum absolute atomic E-state index is 0.914. The molecule has 0 fully saturated rings. The van der Waals surface area contributed by atoms with Crippen LogP contribution < -0.4 is 0 Å². The highest BCUT2D eigenvalue weighted by Gasteiger charge is 2.15. The fourth-order valence-corrected chi connectivity index (χ4v) is 3.85. The van der Waals surface area contributed by atoms with E-state index >= 15 is 0 Å². The predicted molar refractivity (Wildman–Crippen MR) is 89.1 cm³/mol. The summed E-state index contributed by atoms with van der Waals surface area (Å²) in [5, 5.41) is 9.44. The average Bonchev–Trinajstić information content (AvgIpc) is 2.98. The lowest BCUT2D eigenvalue weighted by Crippen LogP contribution is -2.32. The molecular formula is C17H18N4S. The topological polar surface area (TPSA) is 33.4 Å². The Morgan fingerprint density at radius 1 is 1.00 bits per heavy atom. The van der Waals surface area contributed by atoms with Crippen LogP contribution in [0.3, 0.4) is 0 Å². The third-order valence-electron chi connectivity index (χ3n) is 4.13. The molecule has 5 heteroatoms. The van der Waals surface area contributed by atoms with Gasteiger partial charge in [-0.2, -0.15) is 0 Å². The summed E-state index contributed by atoms with van der Waals surface area (Å²) in [6, 6.07) is 14.8. The summed E-state index contributed by atoms with van der Waals surface area (Å²) < 4.78 is 2.05. The molecule has 0 amide bonds. The molecule has 112 valence electrons. The van der Waals surface area contributed by atoms with Crippen molar-refractivity contribution in [3.63, 3.8) is 0 Å². The van der Waals surface area contributed by atoms with Gasteiger partial charge in [-0.15, -0.1) is 10.2 Å². The van der Waals surface area contributed by atoms with Gasteiger partial charge in [0.2, 0.25) is 0 Å². The van der Waals surface area contributed by atoms with Gasteiger partial charge >= 0.3 is 0 Å². The van der Waals surface area contributed by atoms with Gasteiger partial charge in [-0.1, -0.05) is 42.1 Å². The lowest BCUT2D eigenvalue weighted by Gasteiger charge is -2.28. The van der Waals surface area contributed by atoms with Crippen LogP contribution in [-0.2, 0) is 13.0 Å². The van der Waals surface area contributed by atoms with Crippen molar-refractivity contribution >= 4 is 17.4 Å². The Balaban J connectivity index is 1.36. The summed E-state index contributed by atoms with van der Waals surface area (Å²) in [7, 11) is 0. The van der Waals surface area contributed by atoms with Gasteiger partial charge in [-0.3, -0.25) is 9.30 Å². The van der Waals surface area contributed by atoms with Crippen LogP contribution in [0.4, 0.5) is 0 Å². The summed E-state index contributed by atoms with van der Waals surface area (Å²) in [6.45, 7) is 3.30. The van der Waals surface area contributed by atoms with Crippen LogP contribution >= 0.6 is 11.8 Å². The zero-order valence-electron chi connectivity index (χ0n) is 12.4. The molecule has 0 saturated carbocycles. The number of aromatic nitrogens is 3. The molecule has 1 aliphatic heterocycles. The number of pyridine rings is 1. The molecule has 0 unspecified atom stereocenters. The van der Waals surface area contributed by atoms with Crippen LogP contribution in [0.5, 0.6) is 0 Å². The highest BCUT2D eigenvalue weighted by atomic mass is 32.2. The first-order valence-electron chi connectivity index (χ1n) is 7.62. The molecule has 3 heterocycles. The zero-order chi connectivity index (χ0) is 14.8. The first-order valence-corrected chi connectivity index (χ1v) is 8.60. The van der Waals surface area contributed by atoms with Gasteiger partial charge < -0.3 is 0 Å². The number of benzene rings is 1. The van der Waals surface area contributed by atoms with Gasteiger partial charge in [0.25, 0.3) is 0 Å².